The molecule has 0 saturated heterocycles. The molecule has 3 N–H and O–H groups in total. The minimum Gasteiger partial charge on any atom is -0.461 e. The topological polar surface area (TPSA) is 128 Å². The average Bonchev–Trinajstić information content (AvgIpc) is 3.05. The molecule has 0 radical (unpaired) electrons. The highest BCUT2D eigenvalue weighted by molar-refractivity contribution is 5.89. The predicted octanol–water partition coefficient (Wildman–Crippen LogP) is 1.25. The Morgan fingerprint density at radius 2 is 2.37 bits per heavy atom. The number of ether oxygens (including phenoxy) is 1. The van der Waals surface area contributed by atoms with E-state index in [0.717, 1.165) is 12.8 Å². The van der Waals surface area contributed by atoms with Crippen LogP contribution in [0, 0.1) is 5.92 Å². The summed E-state index contributed by atoms with van der Waals surface area (Å²) in [5.41, 5.74) is 7.13. The largest absolute Gasteiger partial charge is 0.461 e. The van der Waals surface area contributed by atoms with E-state index in [1.165, 1.54) is 4.52 Å². The number of aromatic amines is 1. The number of aromatic nitrogens is 6. The highest BCUT2D eigenvalue weighted by atomic mass is 16.5. The van der Waals surface area contributed by atoms with Crippen LogP contribution < -0.4 is 10.4 Å². The minimum atomic E-state index is -0.409. The predicted molar refractivity (Wildman–Crippen MR) is 93.3 cm³/mol. The van der Waals surface area contributed by atoms with Crippen molar-refractivity contribution < 1.29 is 18.6 Å². The molecule has 0 spiro atoms. The molecular formula is C17H18N7O3+. The number of carbonyl (C=O) groups excluding carboxylic acids is 1. The van der Waals surface area contributed by atoms with E-state index in [9.17, 15) is 4.79 Å². The number of hydrogen-bond acceptors (Lipinski definition) is 7. The molecule has 0 aliphatic heterocycles. The van der Waals surface area contributed by atoms with E-state index in [2.05, 4.69) is 20.2 Å². The van der Waals surface area contributed by atoms with E-state index in [-0.39, 0.29) is 17.8 Å². The maximum absolute atomic E-state index is 12.4. The zero-order valence-corrected chi connectivity index (χ0v) is 14.6. The molecule has 138 valence electrons. The monoisotopic (exact) mass is 368 g/mol. The second-order valence-corrected chi connectivity index (χ2v) is 6.56. The van der Waals surface area contributed by atoms with Crippen molar-refractivity contribution in [2.75, 3.05) is 12.3 Å². The molecule has 27 heavy (non-hydrogen) atoms. The van der Waals surface area contributed by atoms with Gasteiger partial charge in [-0.2, -0.15) is 9.50 Å². The number of furan rings is 1. The molecule has 4 heterocycles. The number of nitrogens with zero attached hydrogens (tertiary/aromatic N) is 5. The van der Waals surface area contributed by atoms with Gasteiger partial charge in [0.05, 0.1) is 12.9 Å². The van der Waals surface area contributed by atoms with Gasteiger partial charge in [-0.1, -0.05) is 0 Å². The number of carbonyl (C=O) groups is 1. The smallest absolute Gasteiger partial charge is 0.378 e. The lowest BCUT2D eigenvalue weighted by molar-refractivity contribution is -0.763. The molecule has 1 atom stereocenters. The Balaban J connectivity index is 1.66. The Hall–Kier alpha value is -3.43. The third kappa shape index (κ3) is 2.52. The van der Waals surface area contributed by atoms with E-state index in [0.29, 0.717) is 34.9 Å². The van der Waals surface area contributed by atoms with Gasteiger partial charge in [-0.25, -0.2) is 9.78 Å². The molecule has 0 bridgehead atoms. The van der Waals surface area contributed by atoms with Crippen molar-refractivity contribution in [3.8, 4) is 11.6 Å². The van der Waals surface area contributed by atoms with Crippen LogP contribution in [-0.4, -0.2) is 37.3 Å². The minimum absolute atomic E-state index is 0.191. The molecule has 1 fully saturated rings. The van der Waals surface area contributed by atoms with Crippen LogP contribution >= 0.6 is 0 Å². The molecule has 0 aromatic carbocycles. The number of anilines is 1. The molecule has 5 rings (SSSR count). The molecule has 0 amide bonds. The summed E-state index contributed by atoms with van der Waals surface area (Å²) in [6.07, 6.45) is 5.36. The molecule has 10 nitrogen and oxygen atoms in total. The van der Waals surface area contributed by atoms with Crippen molar-refractivity contribution in [3.63, 3.8) is 0 Å². The number of fused-ring (bicyclic) bond motifs is 3. The Kier molecular flexibility index (Phi) is 3.39. The highest BCUT2D eigenvalue weighted by Crippen LogP contribution is 2.38. The average molecular weight is 368 g/mol. The van der Waals surface area contributed by atoms with Crippen LogP contribution in [0.15, 0.2) is 29.0 Å². The van der Waals surface area contributed by atoms with E-state index < -0.39 is 6.04 Å². The van der Waals surface area contributed by atoms with Crippen LogP contribution in [0.5, 0.6) is 0 Å². The maximum Gasteiger partial charge on any atom is 0.378 e. The third-order valence-corrected chi connectivity index (χ3v) is 4.69. The van der Waals surface area contributed by atoms with Crippen molar-refractivity contribution in [2.45, 2.75) is 25.8 Å². The molecule has 4 aromatic rings. The highest BCUT2D eigenvalue weighted by Gasteiger charge is 2.46. The number of H-pyrrole nitrogens is 1. The zero-order chi connectivity index (χ0) is 18.5. The fourth-order valence-corrected chi connectivity index (χ4v) is 3.30. The Bertz CT molecular complexity index is 1140. The van der Waals surface area contributed by atoms with Crippen LogP contribution in [0.2, 0.25) is 0 Å². The standard InChI is InChI=1S/C17H17N7O3/c1-2-26-16(25)12(9-5-6-9)23-8-10-13(21-23)20-17(18)24-15(10)19-14(22-24)11-4-3-7-27-11/h3-4,7-9,12H,2,5-6H2,1H3,(H2,18,20,21)/p+1. The first-order valence-corrected chi connectivity index (χ1v) is 8.82. The number of rotatable bonds is 5. The van der Waals surface area contributed by atoms with Gasteiger partial charge in [0.25, 0.3) is 6.04 Å². The molecule has 1 aliphatic rings. The van der Waals surface area contributed by atoms with Crippen LogP contribution in [0.4, 0.5) is 5.95 Å². The summed E-state index contributed by atoms with van der Waals surface area (Å²) in [6.45, 7) is 2.14. The summed E-state index contributed by atoms with van der Waals surface area (Å²) in [5.74, 6) is 1.15. The SMILES string of the molecule is CCOC(=O)C(C1CC1)[n+]1cc2c(nc(N)n3nc(-c4ccco4)nc23)[nH]1. The van der Waals surface area contributed by atoms with E-state index in [4.69, 9.17) is 14.9 Å². The summed E-state index contributed by atoms with van der Waals surface area (Å²) < 4.78 is 13.8. The van der Waals surface area contributed by atoms with E-state index in [1.807, 2.05) is 6.20 Å². The van der Waals surface area contributed by atoms with Gasteiger partial charge in [0.1, 0.15) is 5.39 Å². The Morgan fingerprint density at radius 3 is 3.07 bits per heavy atom. The lowest BCUT2D eigenvalue weighted by atomic mass is 10.2. The van der Waals surface area contributed by atoms with Gasteiger partial charge >= 0.3 is 5.97 Å². The summed E-state index contributed by atoms with van der Waals surface area (Å²) in [7, 11) is 0. The first kappa shape index (κ1) is 15.8. The number of hydrogen-bond donors (Lipinski definition) is 2. The third-order valence-electron chi connectivity index (χ3n) is 4.69. The van der Waals surface area contributed by atoms with Gasteiger partial charge in [0.2, 0.25) is 23.6 Å². The maximum atomic E-state index is 12.4. The van der Waals surface area contributed by atoms with Crippen LogP contribution in [0.25, 0.3) is 28.3 Å². The van der Waals surface area contributed by atoms with Crippen molar-refractivity contribution in [2.24, 2.45) is 5.92 Å². The molecular weight excluding hydrogens is 350 g/mol. The summed E-state index contributed by atoms with van der Waals surface area (Å²) >= 11 is 0. The van der Waals surface area contributed by atoms with E-state index >= 15 is 0 Å². The van der Waals surface area contributed by atoms with Gasteiger partial charge in [-0.3, -0.25) is 0 Å². The van der Waals surface area contributed by atoms with Crippen molar-refractivity contribution in [1.82, 2.24) is 24.7 Å². The van der Waals surface area contributed by atoms with Crippen LogP contribution in [-0.2, 0) is 9.53 Å². The van der Waals surface area contributed by atoms with Gasteiger partial charge in [0, 0.05) is 5.92 Å². The van der Waals surface area contributed by atoms with Gasteiger partial charge in [-0.05, 0) is 31.9 Å². The molecule has 4 aromatic heterocycles. The summed E-state index contributed by atoms with van der Waals surface area (Å²) in [6, 6.07) is 3.13. The normalized spacial score (nSPS) is 15.4. The number of nitrogens with two attached hydrogens (primary N) is 1. The van der Waals surface area contributed by atoms with Crippen molar-refractivity contribution in [1.29, 1.82) is 0 Å². The zero-order valence-electron chi connectivity index (χ0n) is 14.6. The van der Waals surface area contributed by atoms with Crippen molar-refractivity contribution >= 4 is 28.6 Å². The fraction of sp³-hybridized carbons (Fsp3) is 0.353. The van der Waals surface area contributed by atoms with Crippen LogP contribution in [0.3, 0.4) is 0 Å². The summed E-state index contributed by atoms with van der Waals surface area (Å²) in [4.78, 5) is 21.4. The Labute approximate surface area is 152 Å². The first-order chi connectivity index (χ1) is 13.2. The molecule has 10 heteroatoms. The fourth-order valence-electron chi connectivity index (χ4n) is 3.30. The Morgan fingerprint density at radius 1 is 1.52 bits per heavy atom. The van der Waals surface area contributed by atoms with Crippen molar-refractivity contribution in [3.05, 3.63) is 24.6 Å². The molecule has 1 saturated carbocycles. The quantitative estimate of drug-likeness (QED) is 0.401. The van der Waals surface area contributed by atoms with Crippen LogP contribution in [0.1, 0.15) is 25.8 Å². The number of esters is 1. The number of nitrogens with one attached hydrogen (secondary N) is 1. The van der Waals surface area contributed by atoms with Gasteiger partial charge in [0.15, 0.2) is 11.4 Å². The number of nitrogen functional groups attached to an aromatic ring is 1. The second-order valence-electron chi connectivity index (χ2n) is 6.56. The lowest BCUT2D eigenvalue weighted by Crippen LogP contribution is -2.47. The molecule has 1 aliphatic carbocycles. The molecule has 1 unspecified atom stereocenters. The van der Waals surface area contributed by atoms with Gasteiger partial charge < -0.3 is 14.9 Å². The lowest BCUT2D eigenvalue weighted by Gasteiger charge is -2.07. The summed E-state index contributed by atoms with van der Waals surface area (Å²) in [5, 5.41) is 8.25. The first-order valence-electron chi connectivity index (χ1n) is 8.82. The van der Waals surface area contributed by atoms with Gasteiger partial charge in [-0.15, -0.1) is 14.9 Å². The van der Waals surface area contributed by atoms with E-state index in [1.54, 1.807) is 30.0 Å². The second kappa shape index (κ2) is 5.79.